The van der Waals surface area contributed by atoms with Crippen LogP contribution in [0.5, 0.6) is 0 Å². The van der Waals surface area contributed by atoms with E-state index in [1.54, 1.807) is 0 Å². The third-order valence-corrected chi connectivity index (χ3v) is 6.20. The molecule has 3 N–H and O–H groups in total. The van der Waals surface area contributed by atoms with Crippen molar-refractivity contribution in [2.75, 3.05) is 12.3 Å². The van der Waals surface area contributed by atoms with Gasteiger partial charge in [0, 0.05) is 13.0 Å². The molecule has 1 aliphatic carbocycles. The van der Waals surface area contributed by atoms with Gasteiger partial charge in [-0.05, 0) is 44.9 Å². The number of carbonyl (C=O) groups is 1. The number of aliphatic hydroxyl groups is 1. The molecule has 1 saturated carbocycles. The number of rotatable bonds is 13. The van der Waals surface area contributed by atoms with Crippen molar-refractivity contribution in [1.29, 1.82) is 0 Å². The molecule has 0 aliphatic heterocycles. The van der Waals surface area contributed by atoms with Gasteiger partial charge in [0.2, 0.25) is 10.0 Å². The van der Waals surface area contributed by atoms with Gasteiger partial charge in [0.1, 0.15) is 0 Å². The molecule has 0 saturated heterocycles. The van der Waals surface area contributed by atoms with Crippen molar-refractivity contribution in [2.45, 2.75) is 89.1 Å². The van der Waals surface area contributed by atoms with Gasteiger partial charge in [-0.3, -0.25) is 4.79 Å². The zero-order chi connectivity index (χ0) is 17.9. The Kier molecular flexibility index (Phi) is 9.85. The van der Waals surface area contributed by atoms with Crippen LogP contribution in [0.25, 0.3) is 0 Å². The van der Waals surface area contributed by atoms with E-state index in [0.29, 0.717) is 25.8 Å². The Morgan fingerprint density at radius 3 is 2.29 bits per heavy atom. The number of hydrogen-bond acceptors (Lipinski definition) is 4. The molecule has 0 atom stereocenters. The summed E-state index contributed by atoms with van der Waals surface area (Å²) in [6.07, 6.45) is 10.3. The summed E-state index contributed by atoms with van der Waals surface area (Å²) in [5, 5.41) is 18.9. The van der Waals surface area contributed by atoms with Crippen molar-refractivity contribution < 1.29 is 23.4 Å². The molecular weight excluding hydrogens is 330 g/mol. The van der Waals surface area contributed by atoms with Crippen molar-refractivity contribution in [2.24, 2.45) is 0 Å². The first-order chi connectivity index (χ1) is 11.3. The molecular formula is C17H33NO5S. The van der Waals surface area contributed by atoms with E-state index in [-0.39, 0.29) is 12.2 Å². The highest BCUT2D eigenvalue weighted by Crippen LogP contribution is 2.32. The number of nitrogens with one attached hydrogen (secondary N) is 1. The zero-order valence-electron chi connectivity index (χ0n) is 14.6. The monoisotopic (exact) mass is 363 g/mol. The fourth-order valence-electron chi connectivity index (χ4n) is 3.26. The summed E-state index contributed by atoms with van der Waals surface area (Å²) in [6.45, 7) is 0.416. The van der Waals surface area contributed by atoms with Crippen LogP contribution in [0.4, 0.5) is 0 Å². The molecule has 0 heterocycles. The van der Waals surface area contributed by atoms with E-state index in [9.17, 15) is 18.3 Å². The maximum Gasteiger partial charge on any atom is 0.303 e. The molecule has 142 valence electrons. The van der Waals surface area contributed by atoms with Crippen molar-refractivity contribution in [3.8, 4) is 0 Å². The number of carboxylic acid groups (broad SMARTS) is 1. The third-order valence-electron chi connectivity index (χ3n) is 4.73. The van der Waals surface area contributed by atoms with Crippen molar-refractivity contribution in [1.82, 2.24) is 4.72 Å². The van der Waals surface area contributed by atoms with Crippen molar-refractivity contribution in [3.05, 3.63) is 0 Å². The van der Waals surface area contributed by atoms with Crippen LogP contribution >= 0.6 is 0 Å². The van der Waals surface area contributed by atoms with Gasteiger partial charge in [-0.25, -0.2) is 13.1 Å². The first-order valence-corrected chi connectivity index (χ1v) is 10.9. The van der Waals surface area contributed by atoms with E-state index >= 15 is 0 Å². The van der Waals surface area contributed by atoms with E-state index in [1.165, 1.54) is 6.42 Å². The van der Waals surface area contributed by atoms with E-state index in [0.717, 1.165) is 51.4 Å². The van der Waals surface area contributed by atoms with Gasteiger partial charge < -0.3 is 10.2 Å². The molecule has 0 unspecified atom stereocenters. The smallest absolute Gasteiger partial charge is 0.303 e. The van der Waals surface area contributed by atoms with E-state index < -0.39 is 21.6 Å². The highest BCUT2D eigenvalue weighted by molar-refractivity contribution is 7.89. The van der Waals surface area contributed by atoms with E-state index in [4.69, 9.17) is 5.11 Å². The lowest BCUT2D eigenvalue weighted by atomic mass is 9.81. The van der Waals surface area contributed by atoms with Crippen LogP contribution in [-0.2, 0) is 14.8 Å². The first kappa shape index (κ1) is 21.4. The third kappa shape index (κ3) is 10.3. The summed E-state index contributed by atoms with van der Waals surface area (Å²) >= 11 is 0. The van der Waals surface area contributed by atoms with Crippen LogP contribution in [-0.4, -0.2) is 42.5 Å². The molecule has 0 amide bonds. The summed E-state index contributed by atoms with van der Waals surface area (Å²) < 4.78 is 26.4. The molecule has 7 heteroatoms. The second-order valence-corrected chi connectivity index (χ2v) is 8.94. The fraction of sp³-hybridized carbons (Fsp3) is 0.941. The lowest BCUT2D eigenvalue weighted by Gasteiger charge is -2.32. The molecule has 0 aromatic heterocycles. The summed E-state index contributed by atoms with van der Waals surface area (Å²) in [4.78, 5) is 10.4. The van der Waals surface area contributed by atoms with Crippen molar-refractivity contribution in [3.63, 3.8) is 0 Å². The minimum atomic E-state index is -3.24. The maximum absolute atomic E-state index is 11.9. The second-order valence-electron chi connectivity index (χ2n) is 7.01. The fourth-order valence-corrected chi connectivity index (χ4v) is 4.44. The Labute approximate surface area is 146 Å². The summed E-state index contributed by atoms with van der Waals surface area (Å²) in [7, 11) is -3.24. The summed E-state index contributed by atoms with van der Waals surface area (Å²) in [6, 6.07) is 0. The summed E-state index contributed by atoms with van der Waals surface area (Å²) in [5.74, 6) is -0.671. The predicted octanol–water partition coefficient (Wildman–Crippen LogP) is 2.81. The van der Waals surface area contributed by atoms with E-state index in [1.807, 2.05) is 0 Å². The highest BCUT2D eigenvalue weighted by Gasteiger charge is 2.28. The Morgan fingerprint density at radius 2 is 1.62 bits per heavy atom. The van der Waals surface area contributed by atoms with Crippen LogP contribution in [0.2, 0.25) is 0 Å². The minimum Gasteiger partial charge on any atom is -0.481 e. The molecule has 0 radical (unpaired) electrons. The van der Waals surface area contributed by atoms with E-state index in [2.05, 4.69) is 4.72 Å². The molecule has 0 aromatic rings. The molecule has 0 aromatic carbocycles. The number of hydrogen-bond donors (Lipinski definition) is 3. The average Bonchev–Trinajstić information content (AvgIpc) is 2.51. The van der Waals surface area contributed by atoms with Gasteiger partial charge in [0.05, 0.1) is 11.4 Å². The Morgan fingerprint density at radius 1 is 0.958 bits per heavy atom. The standard InChI is InChI=1S/C17H33NO5S/c19-16(20)10-4-1-2-8-14-18-24(22,23)15-9-7-13-17(21)11-5-3-6-12-17/h18,21H,1-15H2,(H,19,20). The molecule has 1 rings (SSSR count). The number of aliphatic carboxylic acids is 1. The Bertz CT molecular complexity index is 458. The topological polar surface area (TPSA) is 104 Å². The van der Waals surface area contributed by atoms with Crippen LogP contribution in [0, 0.1) is 0 Å². The number of carboxylic acids is 1. The van der Waals surface area contributed by atoms with Gasteiger partial charge in [0.15, 0.2) is 0 Å². The number of unbranched alkanes of at least 4 members (excludes halogenated alkanes) is 4. The van der Waals surface area contributed by atoms with Crippen LogP contribution < -0.4 is 4.72 Å². The van der Waals surface area contributed by atoms with Gasteiger partial charge in [-0.2, -0.15) is 0 Å². The van der Waals surface area contributed by atoms with Crippen LogP contribution in [0.15, 0.2) is 0 Å². The van der Waals surface area contributed by atoms with Gasteiger partial charge in [-0.15, -0.1) is 0 Å². The Hall–Kier alpha value is -0.660. The quantitative estimate of drug-likeness (QED) is 0.437. The Balaban J connectivity index is 2.04. The lowest BCUT2D eigenvalue weighted by Crippen LogP contribution is -2.31. The lowest BCUT2D eigenvalue weighted by molar-refractivity contribution is -0.137. The summed E-state index contributed by atoms with van der Waals surface area (Å²) in [5.41, 5.74) is -0.564. The molecule has 1 aliphatic rings. The molecule has 6 nitrogen and oxygen atoms in total. The largest absolute Gasteiger partial charge is 0.481 e. The molecule has 0 spiro atoms. The molecule has 1 fully saturated rings. The predicted molar refractivity (Wildman–Crippen MR) is 94.4 cm³/mol. The normalized spacial score (nSPS) is 17.7. The SMILES string of the molecule is O=C(O)CCCCCCNS(=O)(=O)CCCCC1(O)CCCCC1. The van der Waals surface area contributed by atoms with Crippen LogP contribution in [0.3, 0.4) is 0 Å². The first-order valence-electron chi connectivity index (χ1n) is 9.25. The van der Waals surface area contributed by atoms with Gasteiger partial charge in [-0.1, -0.05) is 32.1 Å². The van der Waals surface area contributed by atoms with Crippen LogP contribution in [0.1, 0.15) is 83.5 Å². The molecule has 24 heavy (non-hydrogen) atoms. The van der Waals surface area contributed by atoms with Gasteiger partial charge >= 0.3 is 5.97 Å². The second kappa shape index (κ2) is 11.1. The molecule has 0 bridgehead atoms. The van der Waals surface area contributed by atoms with Gasteiger partial charge in [0.25, 0.3) is 0 Å². The highest BCUT2D eigenvalue weighted by atomic mass is 32.2. The maximum atomic E-state index is 11.9. The van der Waals surface area contributed by atoms with Crippen molar-refractivity contribution >= 4 is 16.0 Å². The minimum absolute atomic E-state index is 0.113. The number of sulfonamides is 1. The zero-order valence-corrected chi connectivity index (χ0v) is 15.5. The average molecular weight is 364 g/mol.